The second-order valence-electron chi connectivity index (χ2n) is 4.53. The minimum Gasteiger partial charge on any atom is -0.388 e. The van der Waals surface area contributed by atoms with Gasteiger partial charge in [-0.05, 0) is 52.8 Å². The van der Waals surface area contributed by atoms with Gasteiger partial charge in [0.25, 0.3) is 0 Å². The highest BCUT2D eigenvalue weighted by atomic mass is 32.1. The van der Waals surface area contributed by atoms with Crippen LogP contribution in [0.5, 0.6) is 0 Å². The van der Waals surface area contributed by atoms with Crippen LogP contribution in [0.3, 0.4) is 0 Å². The molecule has 3 heteroatoms. The molecule has 2 nitrogen and oxygen atoms in total. The summed E-state index contributed by atoms with van der Waals surface area (Å²) in [5.74, 6) is 0.511. The number of aliphatic hydroxyl groups excluding tert-OH is 1. The predicted octanol–water partition coefficient (Wildman–Crippen LogP) is 3.04. The SMILES string of the molecule is OC(c1ccn(Cc2ccsc2)c1)C1CC1. The third-order valence-electron chi connectivity index (χ3n) is 3.13. The van der Waals surface area contributed by atoms with E-state index in [1.54, 1.807) is 11.3 Å². The Kier molecular flexibility index (Phi) is 2.58. The Hall–Kier alpha value is -1.06. The summed E-state index contributed by atoms with van der Waals surface area (Å²) >= 11 is 1.72. The Morgan fingerprint density at radius 3 is 3.00 bits per heavy atom. The number of aliphatic hydroxyl groups is 1. The molecule has 1 saturated carbocycles. The van der Waals surface area contributed by atoms with E-state index in [0.29, 0.717) is 5.92 Å². The summed E-state index contributed by atoms with van der Waals surface area (Å²) in [7, 11) is 0. The van der Waals surface area contributed by atoms with E-state index in [1.165, 1.54) is 18.4 Å². The maximum atomic E-state index is 9.99. The minimum atomic E-state index is -0.247. The van der Waals surface area contributed by atoms with Gasteiger partial charge in [-0.3, -0.25) is 0 Å². The zero-order chi connectivity index (χ0) is 11.0. The standard InChI is InChI=1S/C13H15NOS/c15-13(11-1-2-11)12-3-5-14(8-12)7-10-4-6-16-9-10/h3-6,8-9,11,13,15H,1-2,7H2. The Morgan fingerprint density at radius 2 is 2.31 bits per heavy atom. The molecule has 0 spiro atoms. The van der Waals surface area contributed by atoms with Gasteiger partial charge < -0.3 is 9.67 Å². The van der Waals surface area contributed by atoms with Crippen molar-refractivity contribution in [1.29, 1.82) is 0 Å². The molecule has 2 heterocycles. The summed E-state index contributed by atoms with van der Waals surface area (Å²) in [4.78, 5) is 0. The lowest BCUT2D eigenvalue weighted by Gasteiger charge is -2.06. The van der Waals surface area contributed by atoms with Crippen molar-refractivity contribution in [3.63, 3.8) is 0 Å². The van der Waals surface area contributed by atoms with Crippen LogP contribution < -0.4 is 0 Å². The average Bonchev–Trinajstić information content (AvgIpc) is 2.82. The fraction of sp³-hybridized carbons (Fsp3) is 0.385. The van der Waals surface area contributed by atoms with Gasteiger partial charge in [0, 0.05) is 18.9 Å². The highest BCUT2D eigenvalue weighted by Crippen LogP contribution is 2.40. The molecular weight excluding hydrogens is 218 g/mol. The molecule has 2 aromatic heterocycles. The van der Waals surface area contributed by atoms with Crippen molar-refractivity contribution in [2.45, 2.75) is 25.5 Å². The molecule has 3 rings (SSSR count). The van der Waals surface area contributed by atoms with Crippen LogP contribution in [0, 0.1) is 5.92 Å². The number of nitrogens with zero attached hydrogens (tertiary/aromatic N) is 1. The van der Waals surface area contributed by atoms with Crippen molar-refractivity contribution >= 4 is 11.3 Å². The Balaban J connectivity index is 1.72. The van der Waals surface area contributed by atoms with Crippen molar-refractivity contribution in [3.05, 3.63) is 46.4 Å². The summed E-state index contributed by atoms with van der Waals surface area (Å²) in [5, 5.41) is 14.2. The summed E-state index contributed by atoms with van der Waals surface area (Å²) in [6.45, 7) is 0.904. The smallest absolute Gasteiger partial charge is 0.0832 e. The van der Waals surface area contributed by atoms with Crippen LogP contribution in [0.15, 0.2) is 35.3 Å². The molecule has 1 atom stereocenters. The molecule has 1 fully saturated rings. The zero-order valence-corrected chi connectivity index (χ0v) is 9.86. The third-order valence-corrected chi connectivity index (χ3v) is 3.86. The van der Waals surface area contributed by atoms with Crippen LogP contribution in [0.2, 0.25) is 0 Å². The van der Waals surface area contributed by atoms with Gasteiger partial charge in [-0.2, -0.15) is 11.3 Å². The zero-order valence-electron chi connectivity index (χ0n) is 9.04. The van der Waals surface area contributed by atoms with Gasteiger partial charge >= 0.3 is 0 Å². The molecule has 0 aliphatic heterocycles. The summed E-state index contributed by atoms with van der Waals surface area (Å²) in [5.41, 5.74) is 2.39. The van der Waals surface area contributed by atoms with E-state index in [9.17, 15) is 5.11 Å². The van der Waals surface area contributed by atoms with Crippen molar-refractivity contribution in [3.8, 4) is 0 Å². The molecule has 1 aliphatic carbocycles. The highest BCUT2D eigenvalue weighted by Gasteiger charge is 2.31. The molecule has 1 unspecified atom stereocenters. The summed E-state index contributed by atoms with van der Waals surface area (Å²) < 4.78 is 2.14. The fourth-order valence-corrected chi connectivity index (χ4v) is 2.67. The number of aromatic nitrogens is 1. The third kappa shape index (κ3) is 2.06. The van der Waals surface area contributed by atoms with E-state index in [2.05, 4.69) is 33.8 Å². The first-order valence-corrected chi connectivity index (χ1v) is 6.62. The van der Waals surface area contributed by atoms with Crippen molar-refractivity contribution in [1.82, 2.24) is 4.57 Å². The van der Waals surface area contributed by atoms with E-state index in [0.717, 1.165) is 12.1 Å². The van der Waals surface area contributed by atoms with E-state index >= 15 is 0 Å². The molecule has 0 aromatic carbocycles. The van der Waals surface area contributed by atoms with Crippen LogP contribution in [-0.2, 0) is 6.54 Å². The Labute approximate surface area is 99.2 Å². The topological polar surface area (TPSA) is 25.2 Å². The number of hydrogen-bond acceptors (Lipinski definition) is 2. The quantitative estimate of drug-likeness (QED) is 0.862. The first-order chi connectivity index (χ1) is 7.83. The highest BCUT2D eigenvalue weighted by molar-refractivity contribution is 7.07. The van der Waals surface area contributed by atoms with Gasteiger partial charge in [-0.15, -0.1) is 0 Å². The second kappa shape index (κ2) is 4.07. The van der Waals surface area contributed by atoms with Crippen molar-refractivity contribution < 1.29 is 5.11 Å². The molecule has 2 aromatic rings. The lowest BCUT2D eigenvalue weighted by molar-refractivity contribution is 0.154. The second-order valence-corrected chi connectivity index (χ2v) is 5.31. The maximum Gasteiger partial charge on any atom is 0.0832 e. The number of hydrogen-bond donors (Lipinski definition) is 1. The lowest BCUT2D eigenvalue weighted by Crippen LogP contribution is -1.99. The van der Waals surface area contributed by atoms with E-state index in [-0.39, 0.29) is 6.10 Å². The molecule has 16 heavy (non-hydrogen) atoms. The number of rotatable bonds is 4. The summed E-state index contributed by atoms with van der Waals surface area (Å²) in [6, 6.07) is 4.18. The average molecular weight is 233 g/mol. The number of thiophene rings is 1. The van der Waals surface area contributed by atoms with E-state index in [1.807, 2.05) is 6.07 Å². The van der Waals surface area contributed by atoms with Crippen LogP contribution in [0.25, 0.3) is 0 Å². The monoisotopic (exact) mass is 233 g/mol. The van der Waals surface area contributed by atoms with Gasteiger partial charge in [-0.25, -0.2) is 0 Å². The van der Waals surface area contributed by atoms with Gasteiger partial charge in [0.2, 0.25) is 0 Å². The molecular formula is C13H15NOS. The lowest BCUT2D eigenvalue weighted by atomic mass is 10.1. The molecule has 0 saturated heterocycles. The van der Waals surface area contributed by atoms with Crippen molar-refractivity contribution in [2.24, 2.45) is 5.92 Å². The van der Waals surface area contributed by atoms with Crippen LogP contribution in [0.1, 0.15) is 30.1 Å². The van der Waals surface area contributed by atoms with Gasteiger partial charge in [0.1, 0.15) is 0 Å². The Morgan fingerprint density at radius 1 is 1.44 bits per heavy atom. The first-order valence-electron chi connectivity index (χ1n) is 5.68. The molecule has 0 bridgehead atoms. The van der Waals surface area contributed by atoms with Crippen LogP contribution in [0.4, 0.5) is 0 Å². The fourth-order valence-electron chi connectivity index (χ4n) is 2.01. The Bertz CT molecular complexity index is 456. The molecule has 84 valence electrons. The first kappa shape index (κ1) is 10.1. The molecule has 1 aliphatic rings. The van der Waals surface area contributed by atoms with Gasteiger partial charge in [0.05, 0.1) is 6.10 Å². The summed E-state index contributed by atoms with van der Waals surface area (Å²) in [6.07, 6.45) is 6.23. The van der Waals surface area contributed by atoms with Gasteiger partial charge in [0.15, 0.2) is 0 Å². The maximum absolute atomic E-state index is 9.99. The van der Waals surface area contributed by atoms with Crippen LogP contribution >= 0.6 is 11.3 Å². The largest absolute Gasteiger partial charge is 0.388 e. The van der Waals surface area contributed by atoms with Gasteiger partial charge in [-0.1, -0.05) is 0 Å². The molecule has 0 amide bonds. The van der Waals surface area contributed by atoms with E-state index in [4.69, 9.17) is 0 Å². The normalized spacial score (nSPS) is 17.6. The van der Waals surface area contributed by atoms with Crippen LogP contribution in [-0.4, -0.2) is 9.67 Å². The molecule has 0 radical (unpaired) electrons. The predicted molar refractivity (Wildman–Crippen MR) is 65.5 cm³/mol. The van der Waals surface area contributed by atoms with E-state index < -0.39 is 0 Å². The molecule has 1 N–H and O–H groups in total. The van der Waals surface area contributed by atoms with Crippen molar-refractivity contribution in [2.75, 3.05) is 0 Å². The minimum absolute atomic E-state index is 0.247.